The highest BCUT2D eigenvalue weighted by atomic mass is 32.2. The van der Waals surface area contributed by atoms with E-state index in [1.165, 1.54) is 4.68 Å². The molecule has 0 aliphatic heterocycles. The van der Waals surface area contributed by atoms with Crippen LogP contribution in [0.4, 0.5) is 0 Å². The molecule has 1 aromatic rings. The highest BCUT2D eigenvalue weighted by molar-refractivity contribution is 7.91. The number of sulfone groups is 1. The zero-order valence-corrected chi connectivity index (χ0v) is 23.8. The van der Waals surface area contributed by atoms with Gasteiger partial charge >= 0.3 is 11.9 Å². The van der Waals surface area contributed by atoms with Crippen LogP contribution in [0.15, 0.2) is 5.16 Å². The van der Waals surface area contributed by atoms with Crippen LogP contribution in [0.5, 0.6) is 0 Å². The van der Waals surface area contributed by atoms with Gasteiger partial charge in [0.2, 0.25) is 9.84 Å². The van der Waals surface area contributed by atoms with Gasteiger partial charge in [0, 0.05) is 6.42 Å². The van der Waals surface area contributed by atoms with Crippen LogP contribution in [0.25, 0.3) is 0 Å². The number of nitrogens with zero attached hydrogens (tertiary/aromatic N) is 4. The van der Waals surface area contributed by atoms with E-state index >= 15 is 0 Å². The summed E-state index contributed by atoms with van der Waals surface area (Å²) in [5.41, 5.74) is -1.96. The van der Waals surface area contributed by atoms with E-state index in [0.717, 1.165) is 38.5 Å². The second kappa shape index (κ2) is 15.8. The van der Waals surface area contributed by atoms with Crippen LogP contribution in [0.2, 0.25) is 0 Å². The Morgan fingerprint density at radius 3 is 1.86 bits per heavy atom. The van der Waals surface area contributed by atoms with Crippen LogP contribution in [0.1, 0.15) is 105 Å². The number of carbonyl (C=O) groups excluding carboxylic acids is 3. The molecule has 0 saturated heterocycles. The lowest BCUT2D eigenvalue weighted by atomic mass is 9.78. The molecule has 12 heteroatoms. The van der Waals surface area contributed by atoms with Crippen molar-refractivity contribution in [3.8, 4) is 0 Å². The number of aromatic nitrogens is 4. The first-order chi connectivity index (χ1) is 17.5. The highest BCUT2D eigenvalue weighted by Crippen LogP contribution is 2.34. The lowest BCUT2D eigenvalue weighted by molar-refractivity contribution is -0.173. The minimum absolute atomic E-state index is 0.00798. The Kier molecular flexibility index (Phi) is 13.9. The van der Waals surface area contributed by atoms with Gasteiger partial charge in [0.15, 0.2) is 5.41 Å². The topological polar surface area (TPSA) is 147 Å². The Balaban J connectivity index is 2.43. The predicted molar refractivity (Wildman–Crippen MR) is 137 cm³/mol. The first-order valence-corrected chi connectivity index (χ1v) is 14.9. The SMILES string of the molecule is CCOC(=O)C(CCC=O)(CCCCCCCCCCS(=O)(=O)c1nnnn1C(C)(C)C)C(=O)OCC. The van der Waals surface area contributed by atoms with E-state index in [0.29, 0.717) is 19.1 Å². The third-order valence-corrected chi connectivity index (χ3v) is 7.78. The third kappa shape index (κ3) is 10.1. The Hall–Kier alpha value is -2.37. The Bertz CT molecular complexity index is 936. The highest BCUT2D eigenvalue weighted by Gasteiger charge is 2.47. The monoisotopic (exact) mass is 544 g/mol. The molecule has 0 aliphatic carbocycles. The molecule has 0 aliphatic rings. The molecule has 1 aromatic heterocycles. The van der Waals surface area contributed by atoms with Gasteiger partial charge in [-0.25, -0.2) is 13.1 Å². The lowest BCUT2D eigenvalue weighted by Crippen LogP contribution is -2.42. The van der Waals surface area contributed by atoms with Gasteiger partial charge in [-0.15, -0.1) is 0 Å². The fourth-order valence-electron chi connectivity index (χ4n) is 4.13. The number of unbranched alkanes of at least 4 members (excludes halogenated alkanes) is 7. The summed E-state index contributed by atoms with van der Waals surface area (Å²) in [6.07, 6.45) is 7.70. The zero-order valence-electron chi connectivity index (χ0n) is 23.0. The van der Waals surface area contributed by atoms with E-state index in [1.807, 2.05) is 20.8 Å². The van der Waals surface area contributed by atoms with Gasteiger partial charge in [-0.05, 0) is 64.3 Å². The number of rotatable bonds is 19. The number of aldehydes is 1. The molecule has 0 saturated carbocycles. The van der Waals surface area contributed by atoms with Crippen LogP contribution in [0, 0.1) is 5.41 Å². The summed E-state index contributed by atoms with van der Waals surface area (Å²) in [5, 5.41) is 11.0. The van der Waals surface area contributed by atoms with Gasteiger partial charge in [0.1, 0.15) is 6.29 Å². The van der Waals surface area contributed by atoms with Crippen LogP contribution in [-0.4, -0.2) is 65.8 Å². The molecule has 1 heterocycles. The maximum Gasteiger partial charge on any atom is 0.323 e. The van der Waals surface area contributed by atoms with Crippen LogP contribution in [0.3, 0.4) is 0 Å². The van der Waals surface area contributed by atoms with Crippen molar-refractivity contribution in [2.45, 2.75) is 116 Å². The van der Waals surface area contributed by atoms with Crippen molar-refractivity contribution >= 4 is 28.1 Å². The predicted octanol–water partition coefficient (Wildman–Crippen LogP) is 3.80. The first-order valence-electron chi connectivity index (χ1n) is 13.3. The number of esters is 2. The van der Waals surface area contributed by atoms with E-state index < -0.39 is 32.7 Å². The van der Waals surface area contributed by atoms with E-state index in [4.69, 9.17) is 9.47 Å². The summed E-state index contributed by atoms with van der Waals surface area (Å²) in [7, 11) is -3.55. The number of hydrogen-bond acceptors (Lipinski definition) is 10. The summed E-state index contributed by atoms with van der Waals surface area (Å²) in [5.74, 6) is -1.24. The lowest BCUT2D eigenvalue weighted by Gasteiger charge is -2.28. The van der Waals surface area contributed by atoms with Gasteiger partial charge in [0.25, 0.3) is 5.16 Å². The van der Waals surface area contributed by atoms with Crippen LogP contribution < -0.4 is 0 Å². The van der Waals surface area contributed by atoms with Crippen LogP contribution >= 0.6 is 0 Å². The van der Waals surface area contributed by atoms with Gasteiger partial charge in [-0.3, -0.25) is 9.59 Å². The summed E-state index contributed by atoms with van der Waals surface area (Å²) >= 11 is 0. The number of hydrogen-bond donors (Lipinski definition) is 0. The molecule has 0 radical (unpaired) electrons. The van der Waals surface area contributed by atoms with E-state index in [1.54, 1.807) is 13.8 Å². The molecule has 212 valence electrons. The molecule has 37 heavy (non-hydrogen) atoms. The molecule has 0 spiro atoms. The molecular formula is C25H44N4O7S. The third-order valence-electron chi connectivity index (χ3n) is 6.14. The summed E-state index contributed by atoms with van der Waals surface area (Å²) in [6, 6.07) is 0. The quantitative estimate of drug-likeness (QED) is 0.109. The van der Waals surface area contributed by atoms with E-state index in [-0.39, 0.29) is 43.4 Å². The Morgan fingerprint density at radius 2 is 1.38 bits per heavy atom. The average molecular weight is 545 g/mol. The molecule has 0 bridgehead atoms. The summed E-state index contributed by atoms with van der Waals surface area (Å²) < 4.78 is 37.0. The minimum atomic E-state index is -3.55. The maximum atomic E-state index is 12.7. The summed E-state index contributed by atoms with van der Waals surface area (Å²) in [6.45, 7) is 9.20. The maximum absolute atomic E-state index is 12.7. The smallest absolute Gasteiger partial charge is 0.323 e. The second-order valence-corrected chi connectivity index (χ2v) is 12.2. The fraction of sp³-hybridized carbons (Fsp3) is 0.840. The first kappa shape index (κ1) is 32.7. The summed E-state index contributed by atoms with van der Waals surface area (Å²) in [4.78, 5) is 36.3. The largest absolute Gasteiger partial charge is 0.465 e. The normalized spacial score (nSPS) is 12.4. The molecule has 0 aromatic carbocycles. The van der Waals surface area contributed by atoms with Crippen molar-refractivity contribution in [3.05, 3.63) is 0 Å². The molecule has 0 amide bonds. The minimum Gasteiger partial charge on any atom is -0.465 e. The molecule has 0 N–H and O–H groups in total. The molecule has 1 rings (SSSR count). The molecule has 0 atom stereocenters. The van der Waals surface area contributed by atoms with E-state index in [2.05, 4.69) is 15.5 Å². The molecule has 11 nitrogen and oxygen atoms in total. The fourth-order valence-corrected chi connectivity index (χ4v) is 5.63. The molecular weight excluding hydrogens is 500 g/mol. The van der Waals surface area contributed by atoms with Crippen molar-refractivity contribution in [1.29, 1.82) is 0 Å². The van der Waals surface area contributed by atoms with Crippen molar-refractivity contribution in [1.82, 2.24) is 20.2 Å². The van der Waals surface area contributed by atoms with Crippen LogP contribution in [-0.2, 0) is 39.2 Å². The van der Waals surface area contributed by atoms with Crippen molar-refractivity contribution < 1.29 is 32.3 Å². The van der Waals surface area contributed by atoms with Crippen molar-refractivity contribution in [2.24, 2.45) is 5.41 Å². The standard InChI is InChI=1S/C25H44N4O7S/c1-6-35-21(31)25(18-16-19-30,22(32)36-7-2)17-14-12-10-8-9-11-13-15-20-37(33,34)23-26-27-28-29(23)24(3,4)5/h19H,6-18,20H2,1-5H3. The number of tetrazole rings is 1. The van der Waals surface area contributed by atoms with E-state index in [9.17, 15) is 22.8 Å². The molecule has 0 unspecified atom stereocenters. The second-order valence-electron chi connectivity index (χ2n) is 10.2. The Morgan fingerprint density at radius 1 is 0.865 bits per heavy atom. The average Bonchev–Trinajstić information content (AvgIpc) is 3.34. The zero-order chi connectivity index (χ0) is 28.0. The van der Waals surface area contributed by atoms with Crippen molar-refractivity contribution in [3.63, 3.8) is 0 Å². The number of ether oxygens (including phenoxy) is 2. The number of carbonyl (C=O) groups is 3. The van der Waals surface area contributed by atoms with Gasteiger partial charge in [-0.1, -0.05) is 50.0 Å². The molecule has 0 fully saturated rings. The Labute approximate surface area is 221 Å². The van der Waals surface area contributed by atoms with Gasteiger partial charge < -0.3 is 14.3 Å². The van der Waals surface area contributed by atoms with Gasteiger partial charge in [0.05, 0.1) is 24.5 Å². The van der Waals surface area contributed by atoms with Crippen molar-refractivity contribution in [2.75, 3.05) is 19.0 Å². The van der Waals surface area contributed by atoms with Gasteiger partial charge in [-0.2, -0.15) is 0 Å².